The number of ketones is 2. The third kappa shape index (κ3) is 3.92. The molecule has 0 unspecified atom stereocenters. The van der Waals surface area contributed by atoms with E-state index in [9.17, 15) is 9.59 Å². The third-order valence-electron chi connectivity index (χ3n) is 5.27. The molecule has 0 heterocycles. The second kappa shape index (κ2) is 5.80. The maximum Gasteiger partial charge on any atom is 0.192 e. The molecule has 1 saturated carbocycles. The van der Waals surface area contributed by atoms with Crippen molar-refractivity contribution >= 4 is 19.9 Å². The van der Waals surface area contributed by atoms with Crippen molar-refractivity contribution in [2.45, 2.75) is 77.1 Å². The summed E-state index contributed by atoms with van der Waals surface area (Å²) in [7, 11) is -1.84. The Balaban J connectivity index is 2.18. The zero-order valence-corrected chi connectivity index (χ0v) is 15.0. The molecule has 2 bridgehead atoms. The van der Waals surface area contributed by atoms with Crippen molar-refractivity contribution in [1.29, 1.82) is 0 Å². The molecule has 4 heteroatoms. The van der Waals surface area contributed by atoms with Gasteiger partial charge in [-0.1, -0.05) is 20.8 Å². The average molecular weight is 308 g/mol. The van der Waals surface area contributed by atoms with Gasteiger partial charge in [-0.3, -0.25) is 9.59 Å². The van der Waals surface area contributed by atoms with Crippen LogP contribution in [0.5, 0.6) is 0 Å². The van der Waals surface area contributed by atoms with E-state index in [1.807, 2.05) is 0 Å². The molecule has 0 aliphatic heterocycles. The molecular weight excluding hydrogens is 280 g/mol. The summed E-state index contributed by atoms with van der Waals surface area (Å²) < 4.78 is 6.51. The fraction of sp³-hybridized carbons (Fsp3) is 0.765. The summed E-state index contributed by atoms with van der Waals surface area (Å²) in [6, 6.07) is 0. The quantitative estimate of drug-likeness (QED) is 0.723. The van der Waals surface area contributed by atoms with E-state index >= 15 is 0 Å². The van der Waals surface area contributed by atoms with Gasteiger partial charge in [-0.25, -0.2) is 0 Å². The molecule has 3 nitrogen and oxygen atoms in total. The van der Waals surface area contributed by atoms with Crippen molar-refractivity contribution in [3.05, 3.63) is 11.6 Å². The lowest BCUT2D eigenvalue weighted by Crippen LogP contribution is -2.44. The maximum atomic E-state index is 12.2. The molecule has 0 spiro atoms. The molecule has 0 aromatic heterocycles. The lowest BCUT2D eigenvalue weighted by atomic mass is 9.87. The highest BCUT2D eigenvalue weighted by Gasteiger charge is 2.40. The first kappa shape index (κ1) is 16.6. The van der Waals surface area contributed by atoms with Gasteiger partial charge in [0, 0.05) is 30.9 Å². The smallest absolute Gasteiger partial charge is 0.192 e. The van der Waals surface area contributed by atoms with Gasteiger partial charge in [-0.15, -0.1) is 0 Å². The van der Waals surface area contributed by atoms with Crippen LogP contribution in [-0.4, -0.2) is 26.0 Å². The third-order valence-corrected chi connectivity index (χ3v) is 9.80. The first-order valence-corrected chi connectivity index (χ1v) is 10.9. The van der Waals surface area contributed by atoms with Crippen LogP contribution in [0.25, 0.3) is 0 Å². The van der Waals surface area contributed by atoms with E-state index in [-0.39, 0.29) is 28.6 Å². The van der Waals surface area contributed by atoms with Gasteiger partial charge in [0.2, 0.25) is 0 Å². The zero-order chi connectivity index (χ0) is 15.8. The fourth-order valence-electron chi connectivity index (χ4n) is 2.92. The summed E-state index contributed by atoms with van der Waals surface area (Å²) in [6.07, 6.45) is 5.27. The largest absolute Gasteiger partial charge is 0.414 e. The molecule has 1 fully saturated rings. The molecule has 0 radical (unpaired) electrons. The van der Waals surface area contributed by atoms with Gasteiger partial charge >= 0.3 is 0 Å². The Bertz CT molecular complexity index is 471. The number of rotatable bonds is 2. The topological polar surface area (TPSA) is 43.4 Å². The molecule has 2 aliphatic carbocycles. The molecule has 2 aliphatic rings. The van der Waals surface area contributed by atoms with Crippen LogP contribution in [0.2, 0.25) is 18.1 Å². The summed E-state index contributed by atoms with van der Waals surface area (Å²) in [4.78, 5) is 24.1. The number of Topliss-reactive ketones (excluding diaryl/α,β-unsaturated/α-hetero) is 1. The highest BCUT2D eigenvalue weighted by molar-refractivity contribution is 6.74. The molecule has 21 heavy (non-hydrogen) atoms. The van der Waals surface area contributed by atoms with Crippen molar-refractivity contribution < 1.29 is 14.0 Å². The standard InChI is InChI=1S/C17H28O3Si/c1-17(2,3)21(4,5)20-15-7-6-12-8-14(18)10-13(11-15)16(19)9-12/h10,12,15H,6-9,11H2,1-5H3/t12-,15-/m1/s1. The van der Waals surface area contributed by atoms with E-state index in [1.54, 1.807) is 6.08 Å². The summed E-state index contributed by atoms with van der Waals surface area (Å²) in [5.74, 6) is 0.493. The lowest BCUT2D eigenvalue weighted by Gasteiger charge is -2.40. The maximum absolute atomic E-state index is 12.2. The van der Waals surface area contributed by atoms with E-state index in [0.717, 1.165) is 12.8 Å². The normalized spacial score (nSPS) is 28.0. The minimum Gasteiger partial charge on any atom is -0.414 e. The lowest BCUT2D eigenvalue weighted by molar-refractivity contribution is -0.117. The molecule has 2 rings (SSSR count). The Labute approximate surface area is 129 Å². The summed E-state index contributed by atoms with van der Waals surface area (Å²) >= 11 is 0. The number of hydrogen-bond acceptors (Lipinski definition) is 3. The first-order valence-electron chi connectivity index (χ1n) is 8.03. The Morgan fingerprint density at radius 1 is 1.10 bits per heavy atom. The van der Waals surface area contributed by atoms with Crippen LogP contribution in [0.4, 0.5) is 0 Å². The van der Waals surface area contributed by atoms with Gasteiger partial charge in [0.25, 0.3) is 0 Å². The Kier molecular flexibility index (Phi) is 4.59. The predicted molar refractivity (Wildman–Crippen MR) is 86.7 cm³/mol. The number of fused-ring (bicyclic) bond motifs is 3. The number of allylic oxidation sites excluding steroid dienone is 1. The SMILES string of the molecule is CC(C)(C)[Si](C)(C)O[C@@H]1CC[C@@H]2CC(=O)C=C(C1)C(=O)C2. The van der Waals surface area contributed by atoms with Crippen molar-refractivity contribution in [2.24, 2.45) is 5.92 Å². The first-order chi connectivity index (χ1) is 9.58. The van der Waals surface area contributed by atoms with Crippen molar-refractivity contribution in [1.82, 2.24) is 0 Å². The zero-order valence-electron chi connectivity index (χ0n) is 14.0. The van der Waals surface area contributed by atoms with Gasteiger partial charge in [0.05, 0.1) is 0 Å². The van der Waals surface area contributed by atoms with Crippen LogP contribution in [0.15, 0.2) is 11.6 Å². The highest BCUT2D eigenvalue weighted by atomic mass is 28.4. The molecule has 0 N–H and O–H groups in total. The van der Waals surface area contributed by atoms with E-state index in [2.05, 4.69) is 33.9 Å². The van der Waals surface area contributed by atoms with Gasteiger partial charge in [0.15, 0.2) is 19.9 Å². The van der Waals surface area contributed by atoms with E-state index in [0.29, 0.717) is 24.8 Å². The second-order valence-electron chi connectivity index (χ2n) is 8.11. The molecule has 0 aromatic rings. The minimum absolute atomic E-state index is 0.0924. The second-order valence-corrected chi connectivity index (χ2v) is 12.9. The van der Waals surface area contributed by atoms with Crippen molar-refractivity contribution in [3.8, 4) is 0 Å². The van der Waals surface area contributed by atoms with Crippen molar-refractivity contribution in [2.75, 3.05) is 0 Å². The van der Waals surface area contributed by atoms with Crippen LogP contribution in [0.3, 0.4) is 0 Å². The van der Waals surface area contributed by atoms with Crippen LogP contribution in [0.1, 0.15) is 52.9 Å². The Morgan fingerprint density at radius 3 is 2.38 bits per heavy atom. The Hall–Kier alpha value is -0.743. The van der Waals surface area contributed by atoms with Crippen LogP contribution in [-0.2, 0) is 14.0 Å². The molecule has 2 atom stereocenters. The van der Waals surface area contributed by atoms with Crippen LogP contribution < -0.4 is 0 Å². The summed E-state index contributed by atoms with van der Waals surface area (Å²) in [5, 5.41) is 0.165. The van der Waals surface area contributed by atoms with Crippen LogP contribution in [0, 0.1) is 5.92 Å². The number of carbonyl (C=O) groups is 2. The van der Waals surface area contributed by atoms with Gasteiger partial charge in [-0.2, -0.15) is 0 Å². The molecular formula is C17H28O3Si. The van der Waals surface area contributed by atoms with E-state index in [4.69, 9.17) is 4.43 Å². The highest BCUT2D eigenvalue weighted by Crippen LogP contribution is 2.40. The predicted octanol–water partition coefficient (Wildman–Crippen LogP) is 4.04. The fourth-order valence-corrected chi connectivity index (χ4v) is 4.31. The molecule has 0 aromatic carbocycles. The summed E-state index contributed by atoms with van der Waals surface area (Å²) in [6.45, 7) is 11.2. The molecule has 0 saturated heterocycles. The summed E-state index contributed by atoms with van der Waals surface area (Å²) in [5.41, 5.74) is 0.700. The number of carbonyl (C=O) groups excluding carboxylic acids is 2. The minimum atomic E-state index is -1.84. The molecule has 0 amide bonds. The van der Waals surface area contributed by atoms with Gasteiger partial charge in [0.1, 0.15) is 0 Å². The monoisotopic (exact) mass is 308 g/mol. The van der Waals surface area contributed by atoms with Crippen molar-refractivity contribution in [3.63, 3.8) is 0 Å². The average Bonchev–Trinajstić information content (AvgIpc) is 2.38. The van der Waals surface area contributed by atoms with E-state index in [1.165, 1.54) is 0 Å². The number of hydrogen-bond donors (Lipinski definition) is 0. The molecule has 118 valence electrons. The van der Waals surface area contributed by atoms with Crippen LogP contribution >= 0.6 is 0 Å². The van der Waals surface area contributed by atoms with Gasteiger partial charge in [-0.05, 0) is 43.0 Å². The van der Waals surface area contributed by atoms with Gasteiger partial charge < -0.3 is 4.43 Å². The van der Waals surface area contributed by atoms with E-state index < -0.39 is 8.32 Å². The Morgan fingerprint density at radius 2 is 1.76 bits per heavy atom.